The molecule has 0 saturated heterocycles. The van der Waals surface area contributed by atoms with Crippen molar-refractivity contribution >= 4 is 17.5 Å². The highest BCUT2D eigenvalue weighted by Crippen LogP contribution is 2.17. The summed E-state index contributed by atoms with van der Waals surface area (Å²) < 4.78 is 19.1. The molecule has 0 aliphatic heterocycles. The lowest BCUT2D eigenvalue weighted by atomic mass is 10.0. The van der Waals surface area contributed by atoms with Gasteiger partial charge in [0.05, 0.1) is 12.2 Å². The summed E-state index contributed by atoms with van der Waals surface area (Å²) in [7, 11) is 0. The first-order valence-electron chi connectivity index (χ1n) is 8.51. The highest BCUT2D eigenvalue weighted by atomic mass is 19.1. The van der Waals surface area contributed by atoms with Crippen LogP contribution in [0.4, 0.5) is 10.1 Å². The molecule has 0 spiro atoms. The molecular formula is C20H23FN2O3. The molecule has 1 atom stereocenters. The highest BCUT2D eigenvalue weighted by Gasteiger charge is 2.25. The number of hydrogen-bond donors (Lipinski definition) is 2. The average molecular weight is 358 g/mol. The van der Waals surface area contributed by atoms with E-state index in [9.17, 15) is 14.0 Å². The van der Waals surface area contributed by atoms with Crippen molar-refractivity contribution in [3.8, 4) is 5.75 Å². The molecule has 0 heterocycles. The van der Waals surface area contributed by atoms with Crippen LogP contribution in [0.5, 0.6) is 5.75 Å². The molecule has 2 aromatic carbocycles. The van der Waals surface area contributed by atoms with E-state index >= 15 is 0 Å². The third-order valence-corrected chi connectivity index (χ3v) is 3.79. The van der Waals surface area contributed by atoms with Gasteiger partial charge >= 0.3 is 0 Å². The Morgan fingerprint density at radius 1 is 1.08 bits per heavy atom. The van der Waals surface area contributed by atoms with E-state index in [1.165, 1.54) is 18.2 Å². The van der Waals surface area contributed by atoms with Gasteiger partial charge < -0.3 is 15.4 Å². The Morgan fingerprint density at radius 3 is 2.31 bits per heavy atom. The zero-order valence-corrected chi connectivity index (χ0v) is 15.1. The predicted molar refractivity (Wildman–Crippen MR) is 98.7 cm³/mol. The van der Waals surface area contributed by atoms with Crippen molar-refractivity contribution in [2.75, 3.05) is 11.9 Å². The second kappa shape index (κ2) is 8.99. The molecule has 0 aromatic heterocycles. The molecule has 0 bridgehead atoms. The van der Waals surface area contributed by atoms with E-state index in [4.69, 9.17) is 4.74 Å². The molecule has 0 radical (unpaired) electrons. The number of hydrogen-bond acceptors (Lipinski definition) is 3. The number of carbonyl (C=O) groups excluding carboxylic acids is 2. The van der Waals surface area contributed by atoms with Gasteiger partial charge in [-0.3, -0.25) is 9.59 Å². The van der Waals surface area contributed by atoms with E-state index in [0.717, 1.165) is 0 Å². The molecule has 26 heavy (non-hydrogen) atoms. The van der Waals surface area contributed by atoms with E-state index in [1.807, 2.05) is 20.8 Å². The summed E-state index contributed by atoms with van der Waals surface area (Å²) in [4.78, 5) is 24.9. The molecule has 0 saturated carbocycles. The second-order valence-corrected chi connectivity index (χ2v) is 6.12. The second-order valence-electron chi connectivity index (χ2n) is 6.12. The first-order chi connectivity index (χ1) is 12.4. The van der Waals surface area contributed by atoms with E-state index in [-0.39, 0.29) is 17.4 Å². The maximum absolute atomic E-state index is 13.8. The summed E-state index contributed by atoms with van der Waals surface area (Å²) in [6, 6.07) is 11.8. The van der Waals surface area contributed by atoms with Crippen molar-refractivity contribution in [1.82, 2.24) is 5.32 Å². The summed E-state index contributed by atoms with van der Waals surface area (Å²) >= 11 is 0. The molecule has 0 fully saturated rings. The molecule has 6 heteroatoms. The molecule has 138 valence electrons. The van der Waals surface area contributed by atoms with Crippen LogP contribution in [0.15, 0.2) is 48.5 Å². The van der Waals surface area contributed by atoms with Gasteiger partial charge in [-0.1, -0.05) is 26.0 Å². The Hall–Kier alpha value is -2.89. The van der Waals surface area contributed by atoms with E-state index < -0.39 is 17.8 Å². The molecule has 2 amide bonds. The molecule has 0 aliphatic carbocycles. The lowest BCUT2D eigenvalue weighted by Crippen LogP contribution is -2.47. The Bertz CT molecular complexity index is 760. The van der Waals surface area contributed by atoms with Gasteiger partial charge in [0.15, 0.2) is 0 Å². The zero-order valence-electron chi connectivity index (χ0n) is 15.1. The monoisotopic (exact) mass is 358 g/mol. The minimum atomic E-state index is -0.798. The summed E-state index contributed by atoms with van der Waals surface area (Å²) in [5.41, 5.74) is 0.497. The van der Waals surface area contributed by atoms with E-state index in [0.29, 0.717) is 18.0 Å². The standard InChI is InChI=1S/C20H23FN2O3/c1-4-26-15-11-9-14(10-12-15)22-20(25)18(13(2)3)23-19(24)16-7-5-6-8-17(16)21/h5-13,18H,4H2,1-3H3,(H,22,25)(H,23,24)/t18-/m1/s1. The van der Waals surface area contributed by atoms with Gasteiger partial charge in [-0.2, -0.15) is 0 Å². The van der Waals surface area contributed by atoms with Crippen LogP contribution in [0.3, 0.4) is 0 Å². The highest BCUT2D eigenvalue weighted by molar-refractivity contribution is 6.01. The number of halogens is 1. The maximum atomic E-state index is 13.8. The van der Waals surface area contributed by atoms with Crippen molar-refractivity contribution in [3.05, 3.63) is 59.9 Å². The Morgan fingerprint density at radius 2 is 1.73 bits per heavy atom. The summed E-state index contributed by atoms with van der Waals surface area (Å²) in [5.74, 6) is -1.08. The SMILES string of the molecule is CCOc1ccc(NC(=O)[C@H](NC(=O)c2ccccc2F)C(C)C)cc1. The van der Waals surface area contributed by atoms with Gasteiger partial charge in [-0.05, 0) is 49.2 Å². The van der Waals surface area contributed by atoms with Crippen LogP contribution in [0.25, 0.3) is 0 Å². The van der Waals surface area contributed by atoms with Crippen molar-refractivity contribution in [3.63, 3.8) is 0 Å². The summed E-state index contributed by atoms with van der Waals surface area (Å²) in [5, 5.41) is 5.37. The van der Waals surface area contributed by atoms with Gasteiger partial charge in [-0.15, -0.1) is 0 Å². The van der Waals surface area contributed by atoms with Crippen LogP contribution >= 0.6 is 0 Å². The zero-order chi connectivity index (χ0) is 19.1. The topological polar surface area (TPSA) is 67.4 Å². The molecule has 0 aliphatic rings. The lowest BCUT2D eigenvalue weighted by molar-refractivity contribution is -0.118. The number of amides is 2. The van der Waals surface area contributed by atoms with Crippen molar-refractivity contribution in [1.29, 1.82) is 0 Å². The third kappa shape index (κ3) is 5.05. The van der Waals surface area contributed by atoms with E-state index in [1.54, 1.807) is 30.3 Å². The summed E-state index contributed by atoms with van der Waals surface area (Å²) in [6.07, 6.45) is 0. The molecule has 2 aromatic rings. The van der Waals surface area contributed by atoms with Crippen LogP contribution in [0.1, 0.15) is 31.1 Å². The maximum Gasteiger partial charge on any atom is 0.254 e. The van der Waals surface area contributed by atoms with Crippen LogP contribution < -0.4 is 15.4 Å². The minimum absolute atomic E-state index is 0.0907. The first-order valence-corrected chi connectivity index (χ1v) is 8.51. The normalized spacial score (nSPS) is 11.7. The number of benzene rings is 2. The van der Waals surface area contributed by atoms with Crippen molar-refractivity contribution in [2.45, 2.75) is 26.8 Å². The van der Waals surface area contributed by atoms with Crippen LogP contribution in [-0.2, 0) is 4.79 Å². The minimum Gasteiger partial charge on any atom is -0.494 e. The quantitative estimate of drug-likeness (QED) is 0.794. The third-order valence-electron chi connectivity index (χ3n) is 3.79. The Balaban J connectivity index is 2.07. The predicted octanol–water partition coefficient (Wildman–Crippen LogP) is 3.62. The fourth-order valence-corrected chi connectivity index (χ4v) is 2.42. The fourth-order valence-electron chi connectivity index (χ4n) is 2.42. The number of carbonyl (C=O) groups is 2. The number of ether oxygens (including phenoxy) is 1. The Kier molecular flexibility index (Phi) is 6.72. The number of rotatable bonds is 7. The largest absolute Gasteiger partial charge is 0.494 e. The molecular weight excluding hydrogens is 335 g/mol. The van der Waals surface area contributed by atoms with Gasteiger partial charge in [0, 0.05) is 5.69 Å². The van der Waals surface area contributed by atoms with Crippen LogP contribution in [0.2, 0.25) is 0 Å². The molecule has 2 N–H and O–H groups in total. The molecule has 2 rings (SSSR count). The molecule has 0 unspecified atom stereocenters. The average Bonchev–Trinajstić information content (AvgIpc) is 2.61. The van der Waals surface area contributed by atoms with Gasteiger partial charge in [0.2, 0.25) is 5.91 Å². The van der Waals surface area contributed by atoms with Gasteiger partial charge in [-0.25, -0.2) is 4.39 Å². The number of anilines is 1. The van der Waals surface area contributed by atoms with Gasteiger partial charge in [0.1, 0.15) is 17.6 Å². The smallest absolute Gasteiger partial charge is 0.254 e. The van der Waals surface area contributed by atoms with Crippen LogP contribution in [0, 0.1) is 11.7 Å². The van der Waals surface area contributed by atoms with Crippen molar-refractivity contribution < 1.29 is 18.7 Å². The summed E-state index contributed by atoms with van der Waals surface area (Å²) in [6.45, 7) is 6.07. The Labute approximate surface area is 152 Å². The van der Waals surface area contributed by atoms with Gasteiger partial charge in [0.25, 0.3) is 5.91 Å². The molecule has 5 nitrogen and oxygen atoms in total. The first kappa shape index (κ1) is 19.4. The van der Waals surface area contributed by atoms with Crippen LogP contribution in [-0.4, -0.2) is 24.5 Å². The lowest BCUT2D eigenvalue weighted by Gasteiger charge is -2.22. The fraction of sp³-hybridized carbons (Fsp3) is 0.300. The van der Waals surface area contributed by atoms with E-state index in [2.05, 4.69) is 10.6 Å². The van der Waals surface area contributed by atoms with Crippen molar-refractivity contribution in [2.24, 2.45) is 5.92 Å². The number of nitrogens with one attached hydrogen (secondary N) is 2.